The summed E-state index contributed by atoms with van der Waals surface area (Å²) in [4.78, 5) is 19.1. The van der Waals surface area contributed by atoms with Gasteiger partial charge in [0.2, 0.25) is 5.91 Å². The first-order valence-electron chi connectivity index (χ1n) is 7.73. The molecule has 0 aromatic carbocycles. The molecule has 124 valence electrons. The number of fused-ring (bicyclic) bond motifs is 1. The molecule has 0 radical (unpaired) electrons. The molecule has 0 spiro atoms. The Kier molecular flexibility index (Phi) is 3.96. The smallest absolute Gasteiger partial charge is 0.247 e. The normalized spacial score (nSPS) is 16.3. The van der Waals surface area contributed by atoms with Crippen molar-refractivity contribution in [1.29, 1.82) is 0 Å². The summed E-state index contributed by atoms with van der Waals surface area (Å²) >= 11 is 5.88. The van der Waals surface area contributed by atoms with Gasteiger partial charge < -0.3 is 9.32 Å². The highest BCUT2D eigenvalue weighted by Gasteiger charge is 2.31. The zero-order valence-electron chi connectivity index (χ0n) is 13.8. The van der Waals surface area contributed by atoms with Crippen LogP contribution in [0.2, 0.25) is 5.02 Å². The molecule has 1 amide bonds. The van der Waals surface area contributed by atoms with Gasteiger partial charge in [0.05, 0.1) is 17.8 Å². The van der Waals surface area contributed by atoms with Gasteiger partial charge in [-0.25, -0.2) is 4.98 Å². The molecule has 1 aliphatic rings. The summed E-state index contributed by atoms with van der Waals surface area (Å²) in [5, 5.41) is 4.64. The van der Waals surface area contributed by atoms with Gasteiger partial charge in [-0.3, -0.25) is 9.48 Å². The van der Waals surface area contributed by atoms with E-state index in [2.05, 4.69) is 30.9 Å². The van der Waals surface area contributed by atoms with Gasteiger partial charge in [-0.1, -0.05) is 32.4 Å². The molecule has 0 N–H and O–H groups in total. The Morgan fingerprint density at radius 3 is 2.78 bits per heavy atom. The first kappa shape index (κ1) is 16.1. The number of hydrogen-bond acceptors (Lipinski definition) is 4. The fraction of sp³-hybridized carbons (Fsp3) is 0.562. The lowest BCUT2D eigenvalue weighted by molar-refractivity contribution is -0.135. The molecule has 0 bridgehead atoms. The average Bonchev–Trinajstić information content (AvgIpc) is 3.10. The van der Waals surface area contributed by atoms with E-state index in [1.165, 1.54) is 6.20 Å². The maximum Gasteiger partial charge on any atom is 0.247 e. The summed E-state index contributed by atoms with van der Waals surface area (Å²) in [7, 11) is 0. The molecule has 0 fully saturated rings. The van der Waals surface area contributed by atoms with E-state index in [-0.39, 0.29) is 11.3 Å². The number of carbonyl (C=O) groups is 1. The van der Waals surface area contributed by atoms with Crippen molar-refractivity contribution in [2.24, 2.45) is 0 Å². The van der Waals surface area contributed by atoms with Crippen LogP contribution in [-0.2, 0) is 23.2 Å². The van der Waals surface area contributed by atoms with Crippen LogP contribution in [0.1, 0.15) is 51.1 Å². The number of carbonyl (C=O) groups excluding carboxylic acids is 1. The second kappa shape index (κ2) is 5.67. The van der Waals surface area contributed by atoms with Gasteiger partial charge >= 0.3 is 0 Å². The van der Waals surface area contributed by atoms with E-state index in [1.807, 2.05) is 6.92 Å². The van der Waals surface area contributed by atoms with Crippen molar-refractivity contribution in [3.63, 3.8) is 0 Å². The van der Waals surface area contributed by atoms with Crippen LogP contribution >= 0.6 is 11.6 Å². The Balaban J connectivity index is 1.76. The molecule has 2 aromatic rings. The third-order valence-electron chi connectivity index (χ3n) is 4.01. The van der Waals surface area contributed by atoms with E-state index >= 15 is 0 Å². The Morgan fingerprint density at radius 2 is 2.17 bits per heavy atom. The van der Waals surface area contributed by atoms with Crippen molar-refractivity contribution in [3.05, 3.63) is 34.8 Å². The second-order valence-corrected chi connectivity index (χ2v) is 7.40. The molecule has 1 unspecified atom stereocenters. The Morgan fingerprint density at radius 1 is 1.43 bits per heavy atom. The number of halogens is 1. The van der Waals surface area contributed by atoms with Crippen molar-refractivity contribution in [1.82, 2.24) is 19.7 Å². The first-order chi connectivity index (χ1) is 10.8. The molecular formula is C16H21ClN4O2. The van der Waals surface area contributed by atoms with Crippen LogP contribution in [0.25, 0.3) is 0 Å². The minimum atomic E-state index is -0.391. The van der Waals surface area contributed by atoms with E-state index in [0.29, 0.717) is 24.5 Å². The molecule has 23 heavy (non-hydrogen) atoms. The summed E-state index contributed by atoms with van der Waals surface area (Å²) in [6, 6.07) is -0.391. The summed E-state index contributed by atoms with van der Waals surface area (Å²) in [5.41, 5.74) is 0.728. The van der Waals surface area contributed by atoms with Crippen LogP contribution in [0.4, 0.5) is 0 Å². The van der Waals surface area contributed by atoms with Crippen LogP contribution in [-0.4, -0.2) is 32.1 Å². The summed E-state index contributed by atoms with van der Waals surface area (Å²) in [6.45, 7) is 9.13. The number of amides is 1. The average molecular weight is 337 g/mol. The molecule has 0 aliphatic carbocycles. The van der Waals surface area contributed by atoms with E-state index in [9.17, 15) is 4.79 Å². The highest BCUT2D eigenvalue weighted by molar-refractivity contribution is 6.30. The number of hydrogen-bond donors (Lipinski definition) is 0. The van der Waals surface area contributed by atoms with Gasteiger partial charge in [-0.2, -0.15) is 5.10 Å². The standard InChI is InChI=1S/C16H21ClN4O2/c1-10(21-8-11(17)7-18-21)14(22)20-6-5-13-12(9-20)19-15(23-13)16(2,3)4/h7-8,10H,5-6,9H2,1-4H3. The molecule has 1 atom stereocenters. The summed E-state index contributed by atoms with van der Waals surface area (Å²) in [6.07, 6.45) is 3.89. The molecular weight excluding hydrogens is 316 g/mol. The predicted octanol–water partition coefficient (Wildman–Crippen LogP) is 2.97. The van der Waals surface area contributed by atoms with Crippen molar-refractivity contribution >= 4 is 17.5 Å². The summed E-state index contributed by atoms with van der Waals surface area (Å²) in [5.74, 6) is 1.63. The fourth-order valence-corrected chi connectivity index (χ4v) is 2.76. The van der Waals surface area contributed by atoms with E-state index in [1.54, 1.807) is 15.8 Å². The largest absolute Gasteiger partial charge is 0.445 e. The van der Waals surface area contributed by atoms with E-state index in [0.717, 1.165) is 17.3 Å². The van der Waals surface area contributed by atoms with Crippen LogP contribution in [0, 0.1) is 0 Å². The SMILES string of the molecule is CC(C(=O)N1CCc2oc(C(C)(C)C)nc2C1)n1cc(Cl)cn1. The number of nitrogens with zero attached hydrogens (tertiary/aromatic N) is 4. The fourth-order valence-electron chi connectivity index (χ4n) is 2.61. The van der Waals surface area contributed by atoms with E-state index < -0.39 is 6.04 Å². The van der Waals surface area contributed by atoms with Crippen LogP contribution in [0.15, 0.2) is 16.8 Å². The van der Waals surface area contributed by atoms with Gasteiger partial charge in [0.1, 0.15) is 17.5 Å². The molecule has 3 heterocycles. The van der Waals surface area contributed by atoms with Gasteiger partial charge in [-0.15, -0.1) is 0 Å². The highest BCUT2D eigenvalue weighted by atomic mass is 35.5. The van der Waals surface area contributed by atoms with Crippen molar-refractivity contribution in [2.75, 3.05) is 6.54 Å². The molecule has 3 rings (SSSR count). The molecule has 2 aromatic heterocycles. The Labute approximate surface area is 140 Å². The number of oxazole rings is 1. The molecule has 6 nitrogen and oxygen atoms in total. The quantitative estimate of drug-likeness (QED) is 0.845. The minimum Gasteiger partial charge on any atom is -0.445 e. The highest BCUT2D eigenvalue weighted by Crippen LogP contribution is 2.28. The number of aromatic nitrogens is 3. The lowest BCUT2D eigenvalue weighted by Gasteiger charge is -2.28. The third kappa shape index (κ3) is 3.13. The van der Waals surface area contributed by atoms with Crippen molar-refractivity contribution in [3.8, 4) is 0 Å². The lowest BCUT2D eigenvalue weighted by Crippen LogP contribution is -2.39. The maximum absolute atomic E-state index is 12.7. The molecule has 0 saturated carbocycles. The Bertz CT molecular complexity index is 729. The van der Waals surface area contributed by atoms with Gasteiger partial charge in [-0.05, 0) is 6.92 Å². The van der Waals surface area contributed by atoms with Crippen molar-refractivity contribution in [2.45, 2.75) is 52.1 Å². The van der Waals surface area contributed by atoms with E-state index in [4.69, 9.17) is 16.0 Å². The zero-order valence-corrected chi connectivity index (χ0v) is 14.6. The minimum absolute atomic E-state index is 0.00993. The second-order valence-electron chi connectivity index (χ2n) is 6.96. The Hall–Kier alpha value is -1.82. The molecule has 0 saturated heterocycles. The van der Waals surface area contributed by atoms with Crippen LogP contribution in [0.3, 0.4) is 0 Å². The van der Waals surface area contributed by atoms with Crippen molar-refractivity contribution < 1.29 is 9.21 Å². The summed E-state index contributed by atoms with van der Waals surface area (Å²) < 4.78 is 7.45. The maximum atomic E-state index is 12.7. The third-order valence-corrected chi connectivity index (χ3v) is 4.20. The first-order valence-corrected chi connectivity index (χ1v) is 8.11. The lowest BCUT2D eigenvalue weighted by atomic mass is 9.97. The predicted molar refractivity (Wildman–Crippen MR) is 86.3 cm³/mol. The van der Waals surface area contributed by atoms with Crippen LogP contribution < -0.4 is 0 Å². The van der Waals surface area contributed by atoms with Crippen LogP contribution in [0.5, 0.6) is 0 Å². The van der Waals surface area contributed by atoms with Gasteiger partial charge in [0.15, 0.2) is 5.89 Å². The molecule has 1 aliphatic heterocycles. The molecule has 7 heteroatoms. The van der Waals surface area contributed by atoms with Gasteiger partial charge in [0, 0.05) is 24.6 Å². The van der Waals surface area contributed by atoms with Gasteiger partial charge in [0.25, 0.3) is 0 Å². The number of rotatable bonds is 2. The zero-order chi connectivity index (χ0) is 16.8. The topological polar surface area (TPSA) is 64.2 Å². The monoisotopic (exact) mass is 336 g/mol.